The van der Waals surface area contributed by atoms with Crippen LogP contribution in [0.3, 0.4) is 0 Å². The molecule has 0 aromatic heterocycles. The van der Waals surface area contributed by atoms with Gasteiger partial charge >= 0.3 is 0 Å². The van der Waals surface area contributed by atoms with Crippen molar-refractivity contribution in [2.24, 2.45) is 0 Å². The molecule has 8 heteroatoms. The van der Waals surface area contributed by atoms with Crippen molar-refractivity contribution in [3.05, 3.63) is 29.8 Å². The SMILES string of the molecule is Cc1ccc(S(=O)(=O)NC2[C@@H](O)[C@@H](O)C[C@H](O)[C@@H]2O)cc1. The van der Waals surface area contributed by atoms with Crippen LogP contribution < -0.4 is 4.72 Å². The van der Waals surface area contributed by atoms with E-state index in [-0.39, 0.29) is 11.3 Å². The maximum Gasteiger partial charge on any atom is 0.240 e. The van der Waals surface area contributed by atoms with Crippen molar-refractivity contribution in [1.29, 1.82) is 0 Å². The van der Waals surface area contributed by atoms with Crippen molar-refractivity contribution in [2.75, 3.05) is 0 Å². The lowest BCUT2D eigenvalue weighted by atomic mass is 9.86. The molecule has 0 amide bonds. The third kappa shape index (κ3) is 3.42. The lowest BCUT2D eigenvalue weighted by Crippen LogP contribution is -2.62. The second-order valence-electron chi connectivity index (χ2n) is 5.31. The predicted octanol–water partition coefficient (Wildman–Crippen LogP) is -1.51. The summed E-state index contributed by atoms with van der Waals surface area (Å²) in [7, 11) is -3.98. The van der Waals surface area contributed by atoms with Crippen LogP contribution in [0.15, 0.2) is 29.2 Å². The van der Waals surface area contributed by atoms with Crippen LogP contribution in [0.1, 0.15) is 12.0 Å². The van der Waals surface area contributed by atoms with Gasteiger partial charge in [-0.25, -0.2) is 13.1 Å². The molecule has 118 valence electrons. The van der Waals surface area contributed by atoms with Gasteiger partial charge in [-0.3, -0.25) is 0 Å². The molecule has 0 saturated heterocycles. The number of benzene rings is 1. The summed E-state index contributed by atoms with van der Waals surface area (Å²) in [6, 6.07) is 4.64. The monoisotopic (exact) mass is 317 g/mol. The Bertz CT molecular complexity index is 573. The lowest BCUT2D eigenvalue weighted by Gasteiger charge is -2.38. The molecule has 0 aliphatic heterocycles. The molecule has 2 rings (SSSR count). The zero-order valence-electron chi connectivity index (χ0n) is 11.4. The number of hydrogen-bond donors (Lipinski definition) is 5. The van der Waals surface area contributed by atoms with Crippen molar-refractivity contribution in [3.8, 4) is 0 Å². The van der Waals surface area contributed by atoms with Gasteiger partial charge in [-0.2, -0.15) is 0 Å². The van der Waals surface area contributed by atoms with Gasteiger partial charge in [0.15, 0.2) is 0 Å². The molecule has 21 heavy (non-hydrogen) atoms. The lowest BCUT2D eigenvalue weighted by molar-refractivity contribution is -0.123. The van der Waals surface area contributed by atoms with Crippen LogP contribution in [-0.2, 0) is 10.0 Å². The summed E-state index contributed by atoms with van der Waals surface area (Å²) in [6.07, 6.45) is -5.83. The number of aryl methyl sites for hydroxylation is 1. The van der Waals surface area contributed by atoms with Gasteiger partial charge in [0.05, 0.1) is 35.4 Å². The smallest absolute Gasteiger partial charge is 0.240 e. The summed E-state index contributed by atoms with van der Waals surface area (Å²) in [5.41, 5.74) is 0.887. The van der Waals surface area contributed by atoms with Crippen molar-refractivity contribution in [2.45, 2.75) is 48.7 Å². The molecule has 0 spiro atoms. The number of rotatable bonds is 3. The highest BCUT2D eigenvalue weighted by Gasteiger charge is 2.44. The van der Waals surface area contributed by atoms with E-state index in [2.05, 4.69) is 4.72 Å². The quantitative estimate of drug-likeness (QED) is 0.461. The second kappa shape index (κ2) is 5.99. The number of aliphatic hydroxyl groups excluding tert-OH is 4. The van der Waals surface area contributed by atoms with E-state index in [9.17, 15) is 28.8 Å². The minimum Gasteiger partial charge on any atom is -0.390 e. The molecular weight excluding hydrogens is 298 g/mol. The zero-order valence-corrected chi connectivity index (χ0v) is 12.2. The molecule has 1 aliphatic carbocycles. The maximum absolute atomic E-state index is 12.2. The highest BCUT2D eigenvalue weighted by molar-refractivity contribution is 7.89. The van der Waals surface area contributed by atoms with Crippen LogP contribution in [0.2, 0.25) is 0 Å². The van der Waals surface area contributed by atoms with Gasteiger partial charge in [-0.1, -0.05) is 17.7 Å². The summed E-state index contributed by atoms with van der Waals surface area (Å²) in [6.45, 7) is 1.81. The van der Waals surface area contributed by atoms with Gasteiger partial charge in [0.2, 0.25) is 10.0 Å². The minimum atomic E-state index is -3.98. The first kappa shape index (κ1) is 16.3. The first-order chi connectivity index (χ1) is 9.72. The Balaban J connectivity index is 2.24. The molecule has 0 unspecified atom stereocenters. The molecule has 1 aromatic rings. The average molecular weight is 317 g/mol. The molecule has 0 bridgehead atoms. The Morgan fingerprint density at radius 1 is 1.00 bits per heavy atom. The number of hydrogen-bond acceptors (Lipinski definition) is 6. The van der Waals surface area contributed by atoms with Gasteiger partial charge in [0, 0.05) is 6.42 Å². The van der Waals surface area contributed by atoms with Crippen LogP contribution in [-0.4, -0.2) is 59.3 Å². The van der Waals surface area contributed by atoms with Gasteiger partial charge in [0.25, 0.3) is 0 Å². The number of sulfonamides is 1. The normalized spacial score (nSPS) is 33.9. The molecule has 1 aromatic carbocycles. The van der Waals surface area contributed by atoms with Gasteiger partial charge in [-0.15, -0.1) is 0 Å². The largest absolute Gasteiger partial charge is 0.390 e. The highest BCUT2D eigenvalue weighted by Crippen LogP contribution is 2.22. The molecular formula is C13H19NO6S. The predicted molar refractivity (Wildman–Crippen MR) is 73.9 cm³/mol. The Hall–Kier alpha value is -1.03. The van der Waals surface area contributed by atoms with Crippen molar-refractivity contribution < 1.29 is 28.8 Å². The molecule has 1 saturated carbocycles. The first-order valence-corrected chi connectivity index (χ1v) is 8.02. The summed E-state index contributed by atoms with van der Waals surface area (Å²) in [5, 5.41) is 38.8. The van der Waals surface area contributed by atoms with E-state index < -0.39 is 40.5 Å². The molecule has 1 aliphatic rings. The Morgan fingerprint density at radius 3 is 1.95 bits per heavy atom. The van der Waals surface area contributed by atoms with Crippen molar-refractivity contribution >= 4 is 10.0 Å². The van der Waals surface area contributed by atoms with E-state index in [1.165, 1.54) is 12.1 Å². The molecule has 0 radical (unpaired) electrons. The van der Waals surface area contributed by atoms with E-state index >= 15 is 0 Å². The average Bonchev–Trinajstić information content (AvgIpc) is 2.42. The zero-order chi connectivity index (χ0) is 15.8. The number of nitrogens with one attached hydrogen (secondary N) is 1. The molecule has 0 heterocycles. The Morgan fingerprint density at radius 2 is 1.48 bits per heavy atom. The van der Waals surface area contributed by atoms with Crippen LogP contribution in [0, 0.1) is 6.92 Å². The minimum absolute atomic E-state index is 0.0259. The molecule has 1 fully saturated rings. The van der Waals surface area contributed by atoms with Gasteiger partial charge in [-0.05, 0) is 19.1 Å². The molecule has 7 nitrogen and oxygen atoms in total. The fourth-order valence-corrected chi connectivity index (χ4v) is 3.58. The summed E-state index contributed by atoms with van der Waals surface area (Å²) < 4.78 is 26.6. The Kier molecular flexibility index (Phi) is 4.66. The molecule has 5 N–H and O–H groups in total. The topological polar surface area (TPSA) is 127 Å². The van der Waals surface area contributed by atoms with Crippen molar-refractivity contribution in [1.82, 2.24) is 4.72 Å². The van der Waals surface area contributed by atoms with Crippen LogP contribution in [0.4, 0.5) is 0 Å². The highest BCUT2D eigenvalue weighted by atomic mass is 32.2. The second-order valence-corrected chi connectivity index (χ2v) is 7.03. The van der Waals surface area contributed by atoms with E-state index in [1.807, 2.05) is 6.92 Å². The van der Waals surface area contributed by atoms with Crippen molar-refractivity contribution in [3.63, 3.8) is 0 Å². The number of aliphatic hydroxyl groups is 4. The fourth-order valence-electron chi connectivity index (χ4n) is 2.31. The van der Waals surface area contributed by atoms with E-state index in [4.69, 9.17) is 0 Å². The summed E-state index contributed by atoms with van der Waals surface area (Å²) in [5.74, 6) is 0. The summed E-state index contributed by atoms with van der Waals surface area (Å²) in [4.78, 5) is -0.0259. The first-order valence-electron chi connectivity index (χ1n) is 6.53. The third-order valence-electron chi connectivity index (χ3n) is 3.63. The summed E-state index contributed by atoms with van der Waals surface area (Å²) >= 11 is 0. The van der Waals surface area contributed by atoms with Crippen LogP contribution in [0.25, 0.3) is 0 Å². The van der Waals surface area contributed by atoms with Gasteiger partial charge in [0.1, 0.15) is 0 Å². The maximum atomic E-state index is 12.2. The molecule has 4 atom stereocenters. The Labute approximate surface area is 122 Å². The fraction of sp³-hybridized carbons (Fsp3) is 0.538. The van der Waals surface area contributed by atoms with Gasteiger partial charge < -0.3 is 20.4 Å². The van der Waals surface area contributed by atoms with Crippen LogP contribution >= 0.6 is 0 Å². The standard InChI is InChI=1S/C13H19NO6S/c1-7-2-4-8(5-3-7)21(19,20)14-11-12(17)9(15)6-10(16)13(11)18/h2-5,9-18H,6H2,1H3/t9-,10-,12-,13-/m0/s1. The van der Waals surface area contributed by atoms with E-state index in [0.29, 0.717) is 0 Å². The van der Waals surface area contributed by atoms with E-state index in [1.54, 1.807) is 12.1 Å². The third-order valence-corrected chi connectivity index (χ3v) is 5.11. The van der Waals surface area contributed by atoms with Crippen LogP contribution in [0.5, 0.6) is 0 Å². The van der Waals surface area contributed by atoms with E-state index in [0.717, 1.165) is 5.56 Å².